The topological polar surface area (TPSA) is 67.3 Å². The number of anilines is 2. The number of halogens is 5. The highest BCUT2D eigenvalue weighted by atomic mass is 32.2. The maximum Gasteiger partial charge on any atom is 0.524 e. The van der Waals surface area contributed by atoms with Gasteiger partial charge in [0.1, 0.15) is 11.9 Å². The summed E-state index contributed by atoms with van der Waals surface area (Å²) in [5, 5.41) is 2.55. The first-order valence-electron chi connectivity index (χ1n) is 8.97. The highest BCUT2D eigenvalue weighted by Gasteiger charge is 2.32. The van der Waals surface area contributed by atoms with Gasteiger partial charge in [0.2, 0.25) is 0 Å². The van der Waals surface area contributed by atoms with Gasteiger partial charge in [-0.15, -0.1) is 13.2 Å². The SMILES string of the molecule is Cc1c(NSNC(C)OC(F)(F)F)c2n(c1C(=O)Nc1ccc(F)c(F)c1)CCC2. The van der Waals surface area contributed by atoms with E-state index >= 15 is 0 Å². The van der Waals surface area contributed by atoms with Gasteiger partial charge in [0.15, 0.2) is 11.6 Å². The first kappa shape index (κ1) is 22.4. The van der Waals surface area contributed by atoms with E-state index in [1.54, 1.807) is 6.92 Å². The van der Waals surface area contributed by atoms with Gasteiger partial charge in [-0.25, -0.2) is 13.5 Å². The highest BCUT2D eigenvalue weighted by molar-refractivity contribution is 7.98. The Morgan fingerprint density at radius 2 is 2.00 bits per heavy atom. The van der Waals surface area contributed by atoms with Crippen molar-refractivity contribution in [2.24, 2.45) is 0 Å². The summed E-state index contributed by atoms with van der Waals surface area (Å²) in [4.78, 5) is 12.8. The Morgan fingerprint density at radius 1 is 1.27 bits per heavy atom. The summed E-state index contributed by atoms with van der Waals surface area (Å²) < 4.78 is 74.2. The summed E-state index contributed by atoms with van der Waals surface area (Å²) in [6.07, 6.45) is -4.58. The molecule has 2 heterocycles. The number of nitrogens with zero attached hydrogens (tertiary/aromatic N) is 1. The maximum atomic E-state index is 13.4. The van der Waals surface area contributed by atoms with E-state index in [9.17, 15) is 26.7 Å². The normalized spacial score (nSPS) is 14.5. The van der Waals surface area contributed by atoms with E-state index in [4.69, 9.17) is 0 Å². The highest BCUT2D eigenvalue weighted by Crippen LogP contribution is 2.35. The zero-order valence-electron chi connectivity index (χ0n) is 16.0. The molecule has 3 rings (SSSR count). The molecule has 1 unspecified atom stereocenters. The van der Waals surface area contributed by atoms with Gasteiger partial charge in [-0.05, 0) is 38.8 Å². The van der Waals surface area contributed by atoms with Crippen LogP contribution in [0.4, 0.5) is 33.3 Å². The number of carbonyl (C=O) groups excluding carboxylic acids is 1. The fourth-order valence-electron chi connectivity index (χ4n) is 3.30. The number of nitrogens with one attached hydrogen (secondary N) is 3. The minimum absolute atomic E-state index is 0.107. The number of carbonyl (C=O) groups is 1. The zero-order valence-corrected chi connectivity index (χ0v) is 16.8. The molecule has 1 amide bonds. The minimum Gasteiger partial charge on any atom is -0.338 e. The average molecular weight is 450 g/mol. The fourth-order valence-corrected chi connectivity index (χ4v) is 3.94. The lowest BCUT2D eigenvalue weighted by molar-refractivity contribution is -0.341. The summed E-state index contributed by atoms with van der Waals surface area (Å²) in [5.74, 6) is -2.60. The Kier molecular flexibility index (Phi) is 6.58. The molecule has 0 fully saturated rings. The lowest BCUT2D eigenvalue weighted by Crippen LogP contribution is -2.30. The average Bonchev–Trinajstić information content (AvgIpc) is 3.18. The van der Waals surface area contributed by atoms with Crippen molar-refractivity contribution in [2.45, 2.75) is 45.8 Å². The molecular weight excluding hydrogens is 431 g/mol. The molecule has 0 saturated heterocycles. The van der Waals surface area contributed by atoms with Crippen LogP contribution in [0.15, 0.2) is 18.2 Å². The van der Waals surface area contributed by atoms with Crippen LogP contribution in [0.25, 0.3) is 0 Å². The second-order valence-corrected chi connectivity index (χ2v) is 7.31. The zero-order chi connectivity index (χ0) is 22.1. The molecule has 30 heavy (non-hydrogen) atoms. The largest absolute Gasteiger partial charge is 0.524 e. The number of benzene rings is 1. The van der Waals surface area contributed by atoms with Gasteiger partial charge in [0, 0.05) is 41.7 Å². The van der Waals surface area contributed by atoms with Gasteiger partial charge < -0.3 is 14.6 Å². The number of amides is 1. The third-order valence-corrected chi connectivity index (χ3v) is 5.25. The molecule has 6 nitrogen and oxygen atoms in total. The molecule has 1 aliphatic rings. The van der Waals surface area contributed by atoms with Gasteiger partial charge in [-0.1, -0.05) is 0 Å². The van der Waals surface area contributed by atoms with Gasteiger partial charge in [-0.2, -0.15) is 0 Å². The number of rotatable bonds is 7. The van der Waals surface area contributed by atoms with Crippen molar-refractivity contribution in [3.63, 3.8) is 0 Å². The lowest BCUT2D eigenvalue weighted by Gasteiger charge is -2.16. The maximum absolute atomic E-state index is 13.4. The van der Waals surface area contributed by atoms with Crippen LogP contribution in [0.3, 0.4) is 0 Å². The third-order valence-electron chi connectivity index (χ3n) is 4.49. The van der Waals surface area contributed by atoms with Crippen molar-refractivity contribution in [2.75, 3.05) is 10.0 Å². The predicted octanol–water partition coefficient (Wildman–Crippen LogP) is 4.72. The van der Waals surface area contributed by atoms with Gasteiger partial charge in [0.25, 0.3) is 5.91 Å². The van der Waals surface area contributed by atoms with E-state index in [2.05, 4.69) is 19.5 Å². The summed E-state index contributed by atoms with van der Waals surface area (Å²) in [5.41, 5.74) is 2.48. The minimum atomic E-state index is -4.76. The van der Waals surface area contributed by atoms with E-state index in [1.165, 1.54) is 13.0 Å². The van der Waals surface area contributed by atoms with Crippen molar-refractivity contribution in [1.29, 1.82) is 0 Å². The molecule has 0 saturated carbocycles. The van der Waals surface area contributed by atoms with Gasteiger partial charge >= 0.3 is 6.36 Å². The van der Waals surface area contributed by atoms with Gasteiger partial charge in [-0.3, -0.25) is 9.53 Å². The molecule has 0 bridgehead atoms. The number of hydrogen-bond acceptors (Lipinski definition) is 5. The lowest BCUT2D eigenvalue weighted by atomic mass is 10.1. The van der Waals surface area contributed by atoms with E-state index in [-0.39, 0.29) is 5.69 Å². The van der Waals surface area contributed by atoms with Crippen LogP contribution < -0.4 is 14.8 Å². The molecule has 1 aliphatic heterocycles. The number of alkyl halides is 3. The molecule has 1 aromatic carbocycles. The number of fused-ring (bicyclic) bond motifs is 1. The molecule has 1 atom stereocenters. The molecule has 0 radical (unpaired) electrons. The molecule has 12 heteroatoms. The summed E-state index contributed by atoms with van der Waals surface area (Å²) in [7, 11) is 0. The molecule has 3 N–H and O–H groups in total. The third kappa shape index (κ3) is 5.05. The first-order chi connectivity index (χ1) is 14.1. The van der Waals surface area contributed by atoms with Crippen LogP contribution in [-0.4, -0.2) is 23.1 Å². The monoisotopic (exact) mass is 450 g/mol. The number of aromatic nitrogens is 1. The van der Waals surface area contributed by atoms with Crippen LogP contribution in [0.5, 0.6) is 0 Å². The Bertz CT molecular complexity index is 948. The van der Waals surface area contributed by atoms with Gasteiger partial charge in [0.05, 0.1) is 5.69 Å². The summed E-state index contributed by atoms with van der Waals surface area (Å²) in [6.45, 7) is 3.49. The quantitative estimate of drug-likeness (QED) is 0.324. The van der Waals surface area contributed by atoms with Crippen LogP contribution in [0, 0.1) is 18.6 Å². The predicted molar refractivity (Wildman–Crippen MR) is 103 cm³/mol. The van der Waals surface area contributed by atoms with E-state index < -0.39 is 30.1 Å². The number of ether oxygens (including phenoxy) is 1. The van der Waals surface area contributed by atoms with Crippen molar-refractivity contribution in [3.05, 3.63) is 46.8 Å². The Labute approximate surface area is 173 Å². The number of hydrogen-bond donors (Lipinski definition) is 3. The molecule has 2 aromatic rings. The smallest absolute Gasteiger partial charge is 0.338 e. The first-order valence-corrected chi connectivity index (χ1v) is 9.78. The molecule has 1 aromatic heterocycles. The second-order valence-electron chi connectivity index (χ2n) is 6.66. The van der Waals surface area contributed by atoms with E-state index in [1.807, 2.05) is 4.57 Å². The Hall–Kier alpha value is -2.31. The molecule has 164 valence electrons. The van der Waals surface area contributed by atoms with E-state index in [0.29, 0.717) is 29.9 Å². The Morgan fingerprint density at radius 3 is 2.67 bits per heavy atom. The fraction of sp³-hybridized carbons (Fsp3) is 0.389. The van der Waals surface area contributed by atoms with Crippen LogP contribution in [-0.2, 0) is 17.7 Å². The van der Waals surface area contributed by atoms with Crippen LogP contribution in [0.2, 0.25) is 0 Å². The standard InChI is InChI=1S/C18H19F5N4O2S/c1-9-15(26-30-25-10(2)29-18(21,22)23)14-4-3-7-27(14)16(9)17(28)24-11-5-6-12(19)13(20)8-11/h5-6,8,10,25-26H,3-4,7H2,1-2H3,(H,24,28). The van der Waals surface area contributed by atoms with Crippen molar-refractivity contribution < 1.29 is 31.5 Å². The van der Waals surface area contributed by atoms with E-state index in [0.717, 1.165) is 36.4 Å². The Balaban J connectivity index is 1.73. The van der Waals surface area contributed by atoms with Crippen molar-refractivity contribution in [1.82, 2.24) is 9.29 Å². The molecule has 0 spiro atoms. The summed E-state index contributed by atoms with van der Waals surface area (Å²) in [6, 6.07) is 3.05. The molecule has 0 aliphatic carbocycles. The molecular formula is C18H19F5N4O2S. The van der Waals surface area contributed by atoms with Crippen LogP contribution in [0.1, 0.15) is 35.1 Å². The summed E-state index contributed by atoms with van der Waals surface area (Å²) >= 11 is 0.807. The second kappa shape index (κ2) is 8.82. The van der Waals surface area contributed by atoms with Crippen molar-refractivity contribution in [3.8, 4) is 0 Å². The van der Waals surface area contributed by atoms with Crippen LogP contribution >= 0.6 is 12.1 Å². The van der Waals surface area contributed by atoms with Crippen molar-refractivity contribution >= 4 is 29.4 Å².